The fourth-order valence-electron chi connectivity index (χ4n) is 0.639. The minimum absolute atomic E-state index is 0.0648. The minimum atomic E-state index is -0.0648. The van der Waals surface area contributed by atoms with Gasteiger partial charge in [-0.3, -0.25) is 0 Å². The van der Waals surface area contributed by atoms with Crippen LogP contribution in [0.4, 0.5) is 0 Å². The topological polar surface area (TPSA) is 52.5 Å². The van der Waals surface area contributed by atoms with Crippen LogP contribution in [0.2, 0.25) is 0 Å². The van der Waals surface area contributed by atoms with Gasteiger partial charge in [0, 0.05) is 13.7 Å². The highest BCUT2D eigenvalue weighted by molar-refractivity contribution is 4.67. The second kappa shape index (κ2) is 5.03. The molecular formula is C5H13NO2. The molecule has 1 rings (SSSR count). The predicted octanol–water partition coefficient (Wildman–Crippen LogP) is -1.05. The zero-order valence-electron chi connectivity index (χ0n) is 5.09. The van der Waals surface area contributed by atoms with Crippen LogP contribution in [0.25, 0.3) is 0 Å². The third kappa shape index (κ3) is 2.96. The predicted molar refractivity (Wildman–Crippen MR) is 31.6 cm³/mol. The first-order chi connectivity index (χ1) is 3.89. The maximum atomic E-state index is 8.67. The first-order valence-corrected chi connectivity index (χ1v) is 2.73. The highest BCUT2D eigenvalue weighted by Gasteiger charge is 2.08. The summed E-state index contributed by atoms with van der Waals surface area (Å²) >= 11 is 0. The van der Waals surface area contributed by atoms with Crippen LogP contribution < -0.4 is 5.32 Å². The molecule has 0 amide bonds. The van der Waals surface area contributed by atoms with Crippen molar-refractivity contribution in [3.05, 3.63) is 0 Å². The van der Waals surface area contributed by atoms with Crippen LogP contribution in [0.5, 0.6) is 0 Å². The van der Waals surface area contributed by atoms with Crippen LogP contribution in [0.15, 0.2) is 0 Å². The van der Waals surface area contributed by atoms with Crippen molar-refractivity contribution in [3.8, 4) is 0 Å². The van der Waals surface area contributed by atoms with Gasteiger partial charge in [0.15, 0.2) is 0 Å². The van der Waals surface area contributed by atoms with E-state index in [0.717, 1.165) is 26.6 Å². The minimum Gasteiger partial charge on any atom is -0.400 e. The van der Waals surface area contributed by atoms with E-state index in [1.54, 1.807) is 0 Å². The largest absolute Gasteiger partial charge is 0.400 e. The van der Waals surface area contributed by atoms with Gasteiger partial charge < -0.3 is 15.5 Å². The molecule has 0 aromatic carbocycles. The summed E-state index contributed by atoms with van der Waals surface area (Å²) in [7, 11) is 1.00. The Hall–Kier alpha value is -0.120. The van der Waals surface area contributed by atoms with Gasteiger partial charge in [-0.25, -0.2) is 0 Å². The second-order valence-electron chi connectivity index (χ2n) is 1.65. The Balaban J connectivity index is 0.000000222. The zero-order chi connectivity index (χ0) is 6.41. The van der Waals surface area contributed by atoms with Gasteiger partial charge in [-0.05, 0) is 13.0 Å². The molecule has 8 heavy (non-hydrogen) atoms. The fourth-order valence-corrected chi connectivity index (χ4v) is 0.639. The molecule has 3 nitrogen and oxygen atoms in total. The second-order valence-corrected chi connectivity index (χ2v) is 1.65. The summed E-state index contributed by atoms with van der Waals surface area (Å²) in [5.74, 6) is 0. The molecule has 0 aliphatic carbocycles. The average molecular weight is 119 g/mol. The van der Waals surface area contributed by atoms with E-state index in [-0.39, 0.29) is 6.10 Å². The van der Waals surface area contributed by atoms with E-state index in [1.165, 1.54) is 0 Å². The smallest absolute Gasteiger partial charge is 0.0676 e. The van der Waals surface area contributed by atoms with Crippen LogP contribution in [0.1, 0.15) is 6.42 Å². The lowest BCUT2D eigenvalue weighted by Gasteiger charge is -1.90. The number of aliphatic hydroxyl groups is 2. The normalized spacial score (nSPS) is 26.6. The lowest BCUT2D eigenvalue weighted by molar-refractivity contribution is 0.196. The van der Waals surface area contributed by atoms with Gasteiger partial charge in [0.1, 0.15) is 0 Å². The summed E-state index contributed by atoms with van der Waals surface area (Å²) in [6, 6.07) is 0. The van der Waals surface area contributed by atoms with E-state index >= 15 is 0 Å². The van der Waals surface area contributed by atoms with Gasteiger partial charge >= 0.3 is 0 Å². The molecule has 1 saturated heterocycles. The monoisotopic (exact) mass is 119 g/mol. The molecular weight excluding hydrogens is 106 g/mol. The van der Waals surface area contributed by atoms with Crippen LogP contribution in [-0.4, -0.2) is 36.5 Å². The molecule has 1 atom stereocenters. The van der Waals surface area contributed by atoms with Crippen LogP contribution >= 0.6 is 0 Å². The lowest BCUT2D eigenvalue weighted by atomic mass is 10.3. The van der Waals surface area contributed by atoms with E-state index in [9.17, 15) is 0 Å². The van der Waals surface area contributed by atoms with Gasteiger partial charge in [-0.2, -0.15) is 0 Å². The lowest BCUT2D eigenvalue weighted by Crippen LogP contribution is -2.11. The number of rotatable bonds is 0. The van der Waals surface area contributed by atoms with E-state index in [1.807, 2.05) is 0 Å². The summed E-state index contributed by atoms with van der Waals surface area (Å²) in [5.41, 5.74) is 0. The van der Waals surface area contributed by atoms with Crippen molar-refractivity contribution in [1.29, 1.82) is 0 Å². The van der Waals surface area contributed by atoms with Gasteiger partial charge in [-0.15, -0.1) is 0 Å². The van der Waals surface area contributed by atoms with Crippen molar-refractivity contribution in [2.24, 2.45) is 0 Å². The molecule has 50 valence electrons. The number of hydrogen-bond acceptors (Lipinski definition) is 3. The Bertz CT molecular complexity index is 43.7. The van der Waals surface area contributed by atoms with Gasteiger partial charge in [0.25, 0.3) is 0 Å². The third-order valence-corrected chi connectivity index (χ3v) is 1.03. The summed E-state index contributed by atoms with van der Waals surface area (Å²) < 4.78 is 0. The van der Waals surface area contributed by atoms with Crippen molar-refractivity contribution >= 4 is 0 Å². The average Bonchev–Trinajstić information content (AvgIpc) is 2.24. The molecule has 1 aliphatic heterocycles. The maximum Gasteiger partial charge on any atom is 0.0676 e. The summed E-state index contributed by atoms with van der Waals surface area (Å²) in [5, 5.41) is 18.7. The fraction of sp³-hybridized carbons (Fsp3) is 1.00. The van der Waals surface area contributed by atoms with Crippen molar-refractivity contribution in [2.75, 3.05) is 20.2 Å². The number of hydrogen-bond donors (Lipinski definition) is 3. The molecule has 1 unspecified atom stereocenters. The molecule has 0 saturated carbocycles. The van der Waals surface area contributed by atoms with E-state index < -0.39 is 0 Å². The van der Waals surface area contributed by atoms with Crippen molar-refractivity contribution in [3.63, 3.8) is 0 Å². The SMILES string of the molecule is CO.OC1CCNC1. The number of nitrogens with one attached hydrogen (secondary N) is 1. The number of aliphatic hydroxyl groups excluding tert-OH is 2. The van der Waals surface area contributed by atoms with E-state index in [4.69, 9.17) is 10.2 Å². The Morgan fingerprint density at radius 2 is 2.12 bits per heavy atom. The maximum absolute atomic E-state index is 8.67. The zero-order valence-corrected chi connectivity index (χ0v) is 5.09. The highest BCUT2D eigenvalue weighted by Crippen LogP contribution is 1.93. The molecule has 1 fully saturated rings. The Morgan fingerprint density at radius 1 is 1.50 bits per heavy atom. The van der Waals surface area contributed by atoms with Crippen LogP contribution in [0, 0.1) is 0 Å². The molecule has 1 heterocycles. The summed E-state index contributed by atoms with van der Waals surface area (Å²) in [4.78, 5) is 0. The molecule has 0 bridgehead atoms. The molecule has 3 N–H and O–H groups in total. The van der Waals surface area contributed by atoms with Crippen LogP contribution in [0.3, 0.4) is 0 Å². The Kier molecular flexibility index (Phi) is 4.95. The summed E-state index contributed by atoms with van der Waals surface area (Å²) in [6.45, 7) is 1.78. The summed E-state index contributed by atoms with van der Waals surface area (Å²) in [6.07, 6.45) is 0.866. The Labute approximate surface area is 49.3 Å². The number of β-amino-alcohol motifs (C(OH)–C–C–N with tert-alkyl or cyclic N) is 1. The van der Waals surface area contributed by atoms with Crippen LogP contribution in [-0.2, 0) is 0 Å². The van der Waals surface area contributed by atoms with E-state index in [0.29, 0.717) is 0 Å². The third-order valence-electron chi connectivity index (χ3n) is 1.03. The quantitative estimate of drug-likeness (QED) is 0.381. The van der Waals surface area contributed by atoms with Crippen molar-refractivity contribution in [1.82, 2.24) is 5.32 Å². The van der Waals surface area contributed by atoms with Gasteiger partial charge in [0.2, 0.25) is 0 Å². The molecule has 0 aromatic rings. The first-order valence-electron chi connectivity index (χ1n) is 2.73. The van der Waals surface area contributed by atoms with Crippen molar-refractivity contribution in [2.45, 2.75) is 12.5 Å². The molecule has 1 aliphatic rings. The van der Waals surface area contributed by atoms with E-state index in [2.05, 4.69) is 5.32 Å². The molecule has 3 heteroatoms. The van der Waals surface area contributed by atoms with Gasteiger partial charge in [-0.1, -0.05) is 0 Å². The van der Waals surface area contributed by atoms with Crippen molar-refractivity contribution < 1.29 is 10.2 Å². The molecule has 0 aromatic heterocycles. The highest BCUT2D eigenvalue weighted by atomic mass is 16.3. The van der Waals surface area contributed by atoms with Gasteiger partial charge in [0.05, 0.1) is 6.10 Å². The molecule has 0 radical (unpaired) electrons. The standard InChI is InChI=1S/C4H9NO.CH4O/c6-4-1-2-5-3-4;1-2/h4-6H,1-3H2;2H,1H3. The Morgan fingerprint density at radius 3 is 2.25 bits per heavy atom. The molecule has 0 spiro atoms. The first kappa shape index (κ1) is 7.88.